The van der Waals surface area contributed by atoms with E-state index in [-0.39, 0.29) is 10.5 Å². The first-order valence-electron chi connectivity index (χ1n) is 5.53. The van der Waals surface area contributed by atoms with Crippen molar-refractivity contribution in [1.29, 1.82) is 0 Å². The molecule has 0 spiro atoms. The first-order chi connectivity index (χ1) is 8.95. The predicted octanol–water partition coefficient (Wildman–Crippen LogP) is 1.82. The third-order valence-corrected chi connectivity index (χ3v) is 4.33. The average molecular weight is 279 g/mol. The highest BCUT2D eigenvalue weighted by molar-refractivity contribution is 7.90. The van der Waals surface area contributed by atoms with Gasteiger partial charge in [-0.3, -0.25) is 0 Å². The minimum Gasteiger partial charge on any atom is -0.465 e. The van der Waals surface area contributed by atoms with E-state index in [2.05, 4.69) is 4.74 Å². The number of methoxy groups -OCH3 is 1. The molecule has 0 radical (unpaired) electrons. The van der Waals surface area contributed by atoms with Gasteiger partial charge in [0.05, 0.1) is 17.6 Å². The second kappa shape index (κ2) is 4.89. The van der Waals surface area contributed by atoms with E-state index in [0.29, 0.717) is 0 Å². The van der Waals surface area contributed by atoms with Crippen LogP contribution in [-0.2, 0) is 14.8 Å². The van der Waals surface area contributed by atoms with E-state index < -0.39 is 16.0 Å². The molecule has 0 aliphatic heterocycles. The summed E-state index contributed by atoms with van der Waals surface area (Å²) in [5.41, 5.74) is 1.17. The molecular weight excluding hydrogens is 266 g/mol. The highest BCUT2D eigenvalue weighted by Crippen LogP contribution is 2.16. The van der Waals surface area contributed by atoms with Gasteiger partial charge in [-0.05, 0) is 25.1 Å². The quantitative estimate of drug-likeness (QED) is 0.804. The minimum absolute atomic E-state index is 0.171. The molecule has 0 bridgehead atoms. The fourth-order valence-corrected chi connectivity index (χ4v) is 2.79. The van der Waals surface area contributed by atoms with Crippen molar-refractivity contribution in [2.24, 2.45) is 0 Å². The fraction of sp³-hybridized carbons (Fsp3) is 0.154. The van der Waals surface area contributed by atoms with Crippen molar-refractivity contribution >= 4 is 16.0 Å². The number of rotatable bonds is 3. The van der Waals surface area contributed by atoms with Gasteiger partial charge in [0, 0.05) is 12.4 Å². The maximum atomic E-state index is 12.3. The van der Waals surface area contributed by atoms with Gasteiger partial charge in [0.2, 0.25) is 0 Å². The van der Waals surface area contributed by atoms with Gasteiger partial charge in [-0.15, -0.1) is 0 Å². The van der Waals surface area contributed by atoms with Crippen LogP contribution < -0.4 is 0 Å². The van der Waals surface area contributed by atoms with Crippen molar-refractivity contribution in [3.63, 3.8) is 0 Å². The summed E-state index contributed by atoms with van der Waals surface area (Å²) in [5, 5.41) is 0. The maximum Gasteiger partial charge on any atom is 0.339 e. The molecule has 100 valence electrons. The lowest BCUT2D eigenvalue weighted by Gasteiger charge is -2.05. The van der Waals surface area contributed by atoms with E-state index in [1.54, 1.807) is 12.1 Å². The molecule has 0 saturated heterocycles. The van der Waals surface area contributed by atoms with E-state index in [4.69, 9.17) is 0 Å². The summed E-state index contributed by atoms with van der Waals surface area (Å²) in [6.07, 6.45) is 2.56. The third kappa shape index (κ3) is 2.53. The molecule has 0 N–H and O–H groups in total. The zero-order valence-corrected chi connectivity index (χ0v) is 11.3. The Labute approximate surface area is 111 Å². The summed E-state index contributed by atoms with van der Waals surface area (Å²) in [4.78, 5) is 11.5. The SMILES string of the molecule is COC(=O)c1ccn(S(=O)(=O)c2ccc(C)cc2)c1. The summed E-state index contributed by atoms with van der Waals surface area (Å²) in [7, 11) is -2.42. The summed E-state index contributed by atoms with van der Waals surface area (Å²) < 4.78 is 30.1. The highest BCUT2D eigenvalue weighted by Gasteiger charge is 2.18. The van der Waals surface area contributed by atoms with Gasteiger partial charge in [0.25, 0.3) is 10.0 Å². The number of hydrogen-bond acceptors (Lipinski definition) is 4. The van der Waals surface area contributed by atoms with Gasteiger partial charge in [0.1, 0.15) is 0 Å². The molecule has 1 heterocycles. The van der Waals surface area contributed by atoms with Crippen molar-refractivity contribution < 1.29 is 17.9 Å². The molecule has 1 aromatic heterocycles. The average Bonchev–Trinajstić information content (AvgIpc) is 2.88. The van der Waals surface area contributed by atoms with Crippen molar-refractivity contribution in [2.75, 3.05) is 7.11 Å². The Morgan fingerprint density at radius 1 is 1.16 bits per heavy atom. The largest absolute Gasteiger partial charge is 0.465 e. The van der Waals surface area contributed by atoms with Crippen LogP contribution in [0.3, 0.4) is 0 Å². The predicted molar refractivity (Wildman–Crippen MR) is 69.5 cm³/mol. The Morgan fingerprint density at radius 3 is 2.37 bits per heavy atom. The number of aromatic nitrogens is 1. The van der Waals surface area contributed by atoms with Crippen LogP contribution in [0.5, 0.6) is 0 Å². The maximum absolute atomic E-state index is 12.3. The lowest BCUT2D eigenvalue weighted by Crippen LogP contribution is -2.11. The zero-order valence-electron chi connectivity index (χ0n) is 10.5. The summed E-state index contributed by atoms with van der Waals surface area (Å²) in [6.45, 7) is 1.88. The van der Waals surface area contributed by atoms with E-state index in [1.807, 2.05) is 6.92 Å². The van der Waals surface area contributed by atoms with Crippen molar-refractivity contribution in [2.45, 2.75) is 11.8 Å². The van der Waals surface area contributed by atoms with Crippen molar-refractivity contribution in [3.05, 3.63) is 53.9 Å². The molecule has 0 aliphatic rings. The molecule has 0 amide bonds. The van der Waals surface area contributed by atoms with Crippen LogP contribution in [-0.4, -0.2) is 25.5 Å². The van der Waals surface area contributed by atoms with Crippen LogP contribution in [0.25, 0.3) is 0 Å². The molecule has 0 unspecified atom stereocenters. The molecule has 0 aliphatic carbocycles. The normalized spacial score (nSPS) is 11.3. The molecule has 1 aromatic carbocycles. The van der Waals surface area contributed by atoms with Crippen LogP contribution in [0, 0.1) is 6.92 Å². The van der Waals surface area contributed by atoms with Crippen LogP contribution in [0.1, 0.15) is 15.9 Å². The molecule has 19 heavy (non-hydrogen) atoms. The number of aryl methyl sites for hydroxylation is 1. The number of carbonyl (C=O) groups is 1. The Kier molecular flexibility index (Phi) is 3.44. The summed E-state index contributed by atoms with van der Waals surface area (Å²) in [5.74, 6) is -0.571. The Morgan fingerprint density at radius 2 is 1.79 bits per heavy atom. The van der Waals surface area contributed by atoms with Gasteiger partial charge in [-0.25, -0.2) is 17.2 Å². The topological polar surface area (TPSA) is 65.4 Å². The van der Waals surface area contributed by atoms with E-state index in [1.165, 1.54) is 37.7 Å². The molecular formula is C13H13NO4S. The smallest absolute Gasteiger partial charge is 0.339 e. The number of ether oxygens (including phenoxy) is 1. The van der Waals surface area contributed by atoms with Crippen molar-refractivity contribution in [3.8, 4) is 0 Å². The molecule has 6 heteroatoms. The Balaban J connectivity index is 2.42. The first-order valence-corrected chi connectivity index (χ1v) is 6.98. The van der Waals surface area contributed by atoms with Crippen molar-refractivity contribution in [1.82, 2.24) is 3.97 Å². The van der Waals surface area contributed by atoms with Gasteiger partial charge < -0.3 is 4.74 Å². The second-order valence-corrected chi connectivity index (χ2v) is 5.88. The summed E-state index contributed by atoms with van der Waals surface area (Å²) >= 11 is 0. The lowest BCUT2D eigenvalue weighted by atomic mass is 10.2. The van der Waals surface area contributed by atoms with Crippen LogP contribution in [0.4, 0.5) is 0 Å². The first kappa shape index (κ1) is 13.4. The monoisotopic (exact) mass is 279 g/mol. The molecule has 0 saturated carbocycles. The second-order valence-electron chi connectivity index (χ2n) is 4.04. The number of esters is 1. The van der Waals surface area contributed by atoms with Gasteiger partial charge in [-0.1, -0.05) is 17.7 Å². The van der Waals surface area contributed by atoms with Crippen LogP contribution in [0.2, 0.25) is 0 Å². The van der Waals surface area contributed by atoms with E-state index >= 15 is 0 Å². The molecule has 2 aromatic rings. The van der Waals surface area contributed by atoms with Gasteiger partial charge >= 0.3 is 5.97 Å². The minimum atomic E-state index is -3.67. The van der Waals surface area contributed by atoms with Gasteiger partial charge in [0.15, 0.2) is 0 Å². The van der Waals surface area contributed by atoms with E-state index in [9.17, 15) is 13.2 Å². The molecule has 5 nitrogen and oxygen atoms in total. The molecule has 0 atom stereocenters. The summed E-state index contributed by atoms with van der Waals surface area (Å²) in [6, 6.07) is 7.90. The third-order valence-electron chi connectivity index (χ3n) is 2.68. The lowest BCUT2D eigenvalue weighted by molar-refractivity contribution is 0.0601. The van der Waals surface area contributed by atoms with Gasteiger partial charge in [-0.2, -0.15) is 0 Å². The Hall–Kier alpha value is -2.08. The van der Waals surface area contributed by atoms with Crippen LogP contribution in [0.15, 0.2) is 47.6 Å². The number of benzene rings is 1. The van der Waals surface area contributed by atoms with E-state index in [0.717, 1.165) is 9.54 Å². The number of nitrogens with zero attached hydrogens (tertiary/aromatic N) is 1. The van der Waals surface area contributed by atoms with Crippen LogP contribution >= 0.6 is 0 Å². The number of carbonyl (C=O) groups excluding carboxylic acids is 1. The Bertz CT molecular complexity index is 698. The standard InChI is InChI=1S/C13H13NO4S/c1-10-3-5-12(6-4-10)19(16,17)14-8-7-11(9-14)13(15)18-2/h3-9H,1-2H3. The number of hydrogen-bond donors (Lipinski definition) is 0. The molecule has 0 fully saturated rings. The highest BCUT2D eigenvalue weighted by atomic mass is 32.2. The molecule has 2 rings (SSSR count). The zero-order chi connectivity index (χ0) is 14.0. The fourth-order valence-electron chi connectivity index (χ4n) is 1.60.